The zero-order valence-corrected chi connectivity index (χ0v) is 14.3. The molecule has 3 rings (SSSR count). The maximum atomic E-state index is 12.4. The van der Waals surface area contributed by atoms with Gasteiger partial charge in [-0.15, -0.1) is 0 Å². The number of anilines is 1. The Bertz CT molecular complexity index is 821. The van der Waals surface area contributed by atoms with E-state index in [1.165, 1.54) is 0 Å². The standard InChI is InChI=1S/C16H19N3O5S/c20-14-6-3-8-19(14)13-5-2-1-4-12(13)16(22)18-17-15(21)11-7-9-25(23,24)10-11/h1-2,4-5,11H,3,6-10H2,(H,17,21)(H,18,22)/t11-/m1/s1. The Hall–Kier alpha value is -2.42. The molecular weight excluding hydrogens is 346 g/mol. The highest BCUT2D eigenvalue weighted by molar-refractivity contribution is 7.91. The largest absolute Gasteiger partial charge is 0.312 e. The van der Waals surface area contributed by atoms with Crippen LogP contribution < -0.4 is 15.8 Å². The highest BCUT2D eigenvalue weighted by Crippen LogP contribution is 2.25. The number of hydrazine groups is 1. The lowest BCUT2D eigenvalue weighted by Crippen LogP contribution is -2.45. The summed E-state index contributed by atoms with van der Waals surface area (Å²) in [7, 11) is -3.17. The van der Waals surface area contributed by atoms with Crippen molar-refractivity contribution in [3.8, 4) is 0 Å². The third-order valence-electron chi connectivity index (χ3n) is 4.42. The van der Waals surface area contributed by atoms with E-state index in [2.05, 4.69) is 10.9 Å². The average Bonchev–Trinajstić information content (AvgIpc) is 3.17. The molecule has 2 aliphatic rings. The van der Waals surface area contributed by atoms with Crippen molar-refractivity contribution in [3.63, 3.8) is 0 Å². The summed E-state index contributed by atoms with van der Waals surface area (Å²) >= 11 is 0. The van der Waals surface area contributed by atoms with Crippen LogP contribution in [-0.2, 0) is 19.4 Å². The van der Waals surface area contributed by atoms with Gasteiger partial charge in [0.15, 0.2) is 9.84 Å². The van der Waals surface area contributed by atoms with Crippen LogP contribution in [0.2, 0.25) is 0 Å². The van der Waals surface area contributed by atoms with Crippen molar-refractivity contribution in [2.45, 2.75) is 19.3 Å². The molecule has 0 bridgehead atoms. The quantitative estimate of drug-likeness (QED) is 0.733. The van der Waals surface area contributed by atoms with Crippen LogP contribution in [0.15, 0.2) is 24.3 Å². The Morgan fingerprint density at radius 3 is 2.56 bits per heavy atom. The van der Waals surface area contributed by atoms with Gasteiger partial charge in [-0.1, -0.05) is 12.1 Å². The van der Waals surface area contributed by atoms with E-state index in [4.69, 9.17) is 0 Å². The second kappa shape index (κ2) is 6.83. The smallest absolute Gasteiger partial charge is 0.271 e. The van der Waals surface area contributed by atoms with Gasteiger partial charge < -0.3 is 4.90 Å². The van der Waals surface area contributed by atoms with Gasteiger partial charge in [0.05, 0.1) is 28.7 Å². The predicted octanol–water partition coefficient (Wildman–Crippen LogP) is 0.00910. The molecule has 134 valence electrons. The van der Waals surface area contributed by atoms with Gasteiger partial charge in [-0.3, -0.25) is 25.2 Å². The molecule has 3 amide bonds. The van der Waals surface area contributed by atoms with Crippen molar-refractivity contribution < 1.29 is 22.8 Å². The highest BCUT2D eigenvalue weighted by Gasteiger charge is 2.33. The molecule has 2 fully saturated rings. The fraction of sp³-hybridized carbons (Fsp3) is 0.438. The van der Waals surface area contributed by atoms with Gasteiger partial charge in [-0.2, -0.15) is 0 Å². The minimum absolute atomic E-state index is 0.0149. The number of amides is 3. The summed E-state index contributed by atoms with van der Waals surface area (Å²) in [5, 5.41) is 0. The molecule has 1 aromatic carbocycles. The summed E-state index contributed by atoms with van der Waals surface area (Å²) in [6.07, 6.45) is 1.44. The molecule has 9 heteroatoms. The molecule has 0 aromatic heterocycles. The first-order chi connectivity index (χ1) is 11.9. The highest BCUT2D eigenvalue weighted by atomic mass is 32.2. The van der Waals surface area contributed by atoms with Gasteiger partial charge in [0.2, 0.25) is 11.8 Å². The van der Waals surface area contributed by atoms with Gasteiger partial charge in [0.25, 0.3) is 5.91 Å². The monoisotopic (exact) mass is 365 g/mol. The lowest BCUT2D eigenvalue weighted by atomic mass is 10.1. The molecular formula is C16H19N3O5S. The van der Waals surface area contributed by atoms with Crippen molar-refractivity contribution in [2.24, 2.45) is 5.92 Å². The molecule has 2 heterocycles. The van der Waals surface area contributed by atoms with Crippen LogP contribution in [0.4, 0.5) is 5.69 Å². The SMILES string of the molecule is O=C(NNC(=O)[C@@H]1CCS(=O)(=O)C1)c1ccccc1N1CCCC1=O. The van der Waals surface area contributed by atoms with Gasteiger partial charge in [0, 0.05) is 13.0 Å². The summed E-state index contributed by atoms with van der Waals surface area (Å²) in [4.78, 5) is 37.9. The van der Waals surface area contributed by atoms with Gasteiger partial charge >= 0.3 is 0 Å². The number of para-hydroxylation sites is 1. The first kappa shape index (κ1) is 17.4. The maximum absolute atomic E-state index is 12.4. The third kappa shape index (κ3) is 3.81. The normalized spacial score (nSPS) is 22.0. The fourth-order valence-corrected chi connectivity index (χ4v) is 4.83. The van der Waals surface area contributed by atoms with Crippen LogP contribution in [0.25, 0.3) is 0 Å². The van der Waals surface area contributed by atoms with Crippen LogP contribution in [-0.4, -0.2) is 44.2 Å². The predicted molar refractivity (Wildman–Crippen MR) is 90.4 cm³/mol. The summed E-state index contributed by atoms with van der Waals surface area (Å²) < 4.78 is 22.8. The van der Waals surface area contributed by atoms with Crippen molar-refractivity contribution >= 4 is 33.2 Å². The minimum atomic E-state index is -3.17. The molecule has 0 radical (unpaired) electrons. The summed E-state index contributed by atoms with van der Waals surface area (Å²) in [5.74, 6) is -1.98. The number of sulfone groups is 1. The van der Waals surface area contributed by atoms with Gasteiger partial charge in [0.1, 0.15) is 0 Å². The summed E-state index contributed by atoms with van der Waals surface area (Å²) in [5.41, 5.74) is 5.37. The Labute approximate surface area is 145 Å². The molecule has 0 aliphatic carbocycles. The Balaban J connectivity index is 1.66. The van der Waals surface area contributed by atoms with E-state index in [9.17, 15) is 22.8 Å². The number of nitrogens with zero attached hydrogens (tertiary/aromatic N) is 1. The van der Waals surface area contributed by atoms with Crippen LogP contribution in [0, 0.1) is 5.92 Å². The van der Waals surface area contributed by atoms with Gasteiger partial charge in [-0.25, -0.2) is 8.42 Å². The molecule has 1 atom stereocenters. The van der Waals surface area contributed by atoms with E-state index in [0.717, 1.165) is 6.42 Å². The van der Waals surface area contributed by atoms with Crippen molar-refractivity contribution in [2.75, 3.05) is 23.0 Å². The van der Waals surface area contributed by atoms with Crippen molar-refractivity contribution in [1.82, 2.24) is 10.9 Å². The molecule has 0 unspecified atom stereocenters. The fourth-order valence-electron chi connectivity index (χ4n) is 3.09. The second-order valence-electron chi connectivity index (χ2n) is 6.21. The molecule has 1 aromatic rings. The molecule has 25 heavy (non-hydrogen) atoms. The Morgan fingerprint density at radius 1 is 1.16 bits per heavy atom. The Morgan fingerprint density at radius 2 is 1.92 bits per heavy atom. The molecule has 0 spiro atoms. The minimum Gasteiger partial charge on any atom is -0.312 e. The zero-order chi connectivity index (χ0) is 18.0. The molecule has 8 nitrogen and oxygen atoms in total. The van der Waals surface area contributed by atoms with E-state index >= 15 is 0 Å². The van der Waals surface area contributed by atoms with Crippen LogP contribution in [0.3, 0.4) is 0 Å². The number of carbonyl (C=O) groups is 3. The molecule has 2 N–H and O–H groups in total. The number of carbonyl (C=O) groups excluding carboxylic acids is 3. The number of rotatable bonds is 3. The van der Waals surface area contributed by atoms with Crippen LogP contribution >= 0.6 is 0 Å². The lowest BCUT2D eigenvalue weighted by Gasteiger charge is -2.19. The van der Waals surface area contributed by atoms with E-state index in [0.29, 0.717) is 18.7 Å². The van der Waals surface area contributed by atoms with E-state index < -0.39 is 27.6 Å². The third-order valence-corrected chi connectivity index (χ3v) is 6.18. The number of hydrogen-bond donors (Lipinski definition) is 2. The van der Waals surface area contributed by atoms with Crippen LogP contribution in [0.5, 0.6) is 0 Å². The summed E-state index contributed by atoms with van der Waals surface area (Å²) in [6, 6.07) is 6.66. The van der Waals surface area contributed by atoms with E-state index in [1.807, 2.05) is 0 Å². The van der Waals surface area contributed by atoms with Crippen molar-refractivity contribution in [1.29, 1.82) is 0 Å². The van der Waals surface area contributed by atoms with Crippen LogP contribution in [0.1, 0.15) is 29.6 Å². The first-order valence-corrected chi connectivity index (χ1v) is 9.89. The Kier molecular flexibility index (Phi) is 4.76. The zero-order valence-electron chi connectivity index (χ0n) is 13.5. The number of hydrogen-bond acceptors (Lipinski definition) is 5. The maximum Gasteiger partial charge on any atom is 0.271 e. The lowest BCUT2D eigenvalue weighted by molar-refractivity contribution is -0.125. The molecule has 0 saturated carbocycles. The van der Waals surface area contributed by atoms with E-state index in [-0.39, 0.29) is 29.4 Å². The second-order valence-corrected chi connectivity index (χ2v) is 8.44. The van der Waals surface area contributed by atoms with E-state index in [1.54, 1.807) is 29.2 Å². The topological polar surface area (TPSA) is 113 Å². The van der Waals surface area contributed by atoms with Gasteiger partial charge in [-0.05, 0) is 25.0 Å². The summed E-state index contributed by atoms with van der Waals surface area (Å²) in [6.45, 7) is 0.551. The first-order valence-electron chi connectivity index (χ1n) is 8.07. The number of benzene rings is 1. The molecule has 2 saturated heterocycles. The number of nitrogens with one attached hydrogen (secondary N) is 2. The van der Waals surface area contributed by atoms with Crippen molar-refractivity contribution in [3.05, 3.63) is 29.8 Å². The average molecular weight is 365 g/mol. The molecule has 2 aliphatic heterocycles.